The lowest BCUT2D eigenvalue weighted by molar-refractivity contribution is 0.598. The molecule has 0 aliphatic heterocycles. The Bertz CT molecular complexity index is 402. The molecule has 3 nitrogen and oxygen atoms in total. The highest BCUT2D eigenvalue weighted by molar-refractivity contribution is 7.89. The monoisotopic (exact) mass is 225 g/mol. The molecule has 0 spiro atoms. The Kier molecular flexibility index (Phi) is 2.63. The van der Waals surface area contributed by atoms with Gasteiger partial charge in [0, 0.05) is 0 Å². The fraction of sp³-hybridized carbons (Fsp3) is 0. The number of nitrogens with two attached hydrogens (primary N) is 1. The zero-order valence-electron chi connectivity index (χ0n) is 5.79. The number of hydrogen-bond acceptors (Lipinski definition) is 2. The van der Waals surface area contributed by atoms with E-state index in [2.05, 4.69) is 0 Å². The Labute approximate surface area is 80.1 Å². The van der Waals surface area contributed by atoms with E-state index in [1.54, 1.807) is 0 Å². The van der Waals surface area contributed by atoms with Crippen LogP contribution < -0.4 is 5.14 Å². The summed E-state index contributed by atoms with van der Waals surface area (Å²) in [7, 11) is -3.69. The topological polar surface area (TPSA) is 60.2 Å². The van der Waals surface area contributed by atoms with Gasteiger partial charge in [-0.2, -0.15) is 0 Å². The van der Waals surface area contributed by atoms with Crippen LogP contribution in [0.15, 0.2) is 23.1 Å². The Morgan fingerprint density at radius 3 is 2.17 bits per heavy atom. The highest BCUT2D eigenvalue weighted by atomic mass is 35.5. The predicted molar refractivity (Wildman–Crippen MR) is 47.8 cm³/mol. The molecule has 0 atom stereocenters. The van der Waals surface area contributed by atoms with Gasteiger partial charge < -0.3 is 0 Å². The smallest absolute Gasteiger partial charge is 0.225 e. The number of benzene rings is 1. The van der Waals surface area contributed by atoms with Crippen molar-refractivity contribution in [3.05, 3.63) is 28.2 Å². The lowest BCUT2D eigenvalue weighted by Crippen LogP contribution is -2.11. The van der Waals surface area contributed by atoms with Gasteiger partial charge in [-0.25, -0.2) is 13.6 Å². The zero-order valence-corrected chi connectivity index (χ0v) is 8.12. The van der Waals surface area contributed by atoms with Gasteiger partial charge in [0.2, 0.25) is 10.0 Å². The van der Waals surface area contributed by atoms with Crippen LogP contribution in [0.2, 0.25) is 10.0 Å². The summed E-state index contributed by atoms with van der Waals surface area (Å²) in [6.45, 7) is 0. The molecule has 1 aromatic carbocycles. The van der Waals surface area contributed by atoms with Crippen LogP contribution in [0.25, 0.3) is 0 Å². The first-order valence-corrected chi connectivity index (χ1v) is 5.19. The van der Waals surface area contributed by atoms with Gasteiger partial charge in [-0.3, -0.25) is 0 Å². The second-order valence-corrected chi connectivity index (χ2v) is 4.50. The summed E-state index contributed by atoms with van der Waals surface area (Å²) in [4.78, 5) is -0.0445. The first-order valence-electron chi connectivity index (χ1n) is 2.89. The molecule has 0 bridgehead atoms. The third kappa shape index (κ3) is 2.10. The molecule has 0 saturated heterocycles. The molecule has 0 aromatic heterocycles. The molecule has 0 unspecified atom stereocenters. The minimum absolute atomic E-state index is 0.0445. The van der Waals surface area contributed by atoms with E-state index in [9.17, 15) is 8.42 Å². The molecule has 1 aromatic rings. The van der Waals surface area contributed by atoms with E-state index in [1.165, 1.54) is 18.2 Å². The third-order valence-corrected chi connectivity index (χ3v) is 2.87. The Morgan fingerprint density at radius 1 is 1.17 bits per heavy atom. The van der Waals surface area contributed by atoms with Gasteiger partial charge in [0.25, 0.3) is 0 Å². The van der Waals surface area contributed by atoms with Gasteiger partial charge in [0.05, 0.1) is 14.9 Å². The quantitative estimate of drug-likeness (QED) is 0.791. The van der Waals surface area contributed by atoms with Crippen LogP contribution in [0.3, 0.4) is 0 Å². The number of primary sulfonamides is 1. The molecular weight excluding hydrogens is 221 g/mol. The van der Waals surface area contributed by atoms with Gasteiger partial charge >= 0.3 is 0 Å². The van der Waals surface area contributed by atoms with E-state index in [0.717, 1.165) is 0 Å². The number of hydrogen-bond donors (Lipinski definition) is 1. The highest BCUT2D eigenvalue weighted by Crippen LogP contribution is 2.23. The number of sulfonamides is 1. The van der Waals surface area contributed by atoms with E-state index in [4.69, 9.17) is 28.3 Å². The van der Waals surface area contributed by atoms with Crippen molar-refractivity contribution in [3.8, 4) is 0 Å². The molecule has 0 radical (unpaired) electrons. The summed E-state index contributed by atoms with van der Waals surface area (Å²) in [6, 6.07) is 3.88. The molecular formula is C6H5Cl2NO2S. The Hall–Kier alpha value is -0.290. The van der Waals surface area contributed by atoms with E-state index < -0.39 is 10.0 Å². The van der Waals surface area contributed by atoms with Crippen molar-refractivity contribution in [2.75, 3.05) is 0 Å². The largest absolute Gasteiger partial charge is 0.238 e. The van der Waals surface area contributed by atoms with Crippen LogP contribution in [-0.2, 0) is 10.0 Å². The van der Waals surface area contributed by atoms with Gasteiger partial charge in [-0.15, -0.1) is 0 Å². The lowest BCUT2D eigenvalue weighted by atomic mass is 10.4. The molecule has 0 aliphatic carbocycles. The zero-order chi connectivity index (χ0) is 9.35. The highest BCUT2D eigenvalue weighted by Gasteiger charge is 2.08. The molecule has 0 fully saturated rings. The van der Waals surface area contributed by atoms with Crippen molar-refractivity contribution >= 4 is 33.2 Å². The van der Waals surface area contributed by atoms with Crippen molar-refractivity contribution in [2.45, 2.75) is 4.90 Å². The predicted octanol–water partition coefficient (Wildman–Crippen LogP) is 1.64. The molecule has 66 valence electrons. The maximum Gasteiger partial charge on any atom is 0.238 e. The number of rotatable bonds is 1. The van der Waals surface area contributed by atoms with Crippen LogP contribution in [0.5, 0.6) is 0 Å². The lowest BCUT2D eigenvalue weighted by Gasteiger charge is -1.99. The fourth-order valence-corrected chi connectivity index (χ4v) is 1.56. The molecule has 0 aliphatic rings. The Balaban J connectivity index is 3.33. The first kappa shape index (κ1) is 9.80. The molecule has 6 heteroatoms. The van der Waals surface area contributed by atoms with Crippen molar-refractivity contribution < 1.29 is 8.42 Å². The molecule has 12 heavy (non-hydrogen) atoms. The SMILES string of the molecule is NS(=O)(=O)c1ccc(Cl)c(Cl)c1. The van der Waals surface area contributed by atoms with Gasteiger partial charge in [-0.05, 0) is 18.2 Å². The summed E-state index contributed by atoms with van der Waals surface area (Å²) in [5.74, 6) is 0. The molecule has 0 saturated carbocycles. The molecule has 0 amide bonds. The molecule has 2 N–H and O–H groups in total. The van der Waals surface area contributed by atoms with Gasteiger partial charge in [0.1, 0.15) is 0 Å². The van der Waals surface area contributed by atoms with E-state index >= 15 is 0 Å². The van der Waals surface area contributed by atoms with Crippen LogP contribution in [0, 0.1) is 0 Å². The number of halogens is 2. The van der Waals surface area contributed by atoms with Crippen LogP contribution in [0.1, 0.15) is 0 Å². The second kappa shape index (κ2) is 3.22. The van der Waals surface area contributed by atoms with E-state index in [-0.39, 0.29) is 9.92 Å². The van der Waals surface area contributed by atoms with E-state index in [1.807, 2.05) is 0 Å². The van der Waals surface area contributed by atoms with Crippen LogP contribution in [0.4, 0.5) is 0 Å². The first-order chi connectivity index (χ1) is 5.41. The minimum atomic E-state index is -3.69. The second-order valence-electron chi connectivity index (χ2n) is 2.12. The van der Waals surface area contributed by atoms with E-state index in [0.29, 0.717) is 5.02 Å². The summed E-state index contributed by atoms with van der Waals surface area (Å²) in [5, 5.41) is 5.31. The summed E-state index contributed by atoms with van der Waals surface area (Å²) in [6.07, 6.45) is 0. The molecule has 0 heterocycles. The standard InChI is InChI=1S/C6H5Cl2NO2S/c7-5-2-1-4(3-6(5)8)12(9,10)11/h1-3H,(H2,9,10,11). The average molecular weight is 226 g/mol. The third-order valence-electron chi connectivity index (χ3n) is 1.22. The van der Waals surface area contributed by atoms with Gasteiger partial charge in [0.15, 0.2) is 0 Å². The maximum absolute atomic E-state index is 10.8. The maximum atomic E-state index is 10.8. The molecule has 1 rings (SSSR count). The summed E-state index contributed by atoms with van der Waals surface area (Å²) < 4.78 is 21.5. The van der Waals surface area contributed by atoms with Crippen molar-refractivity contribution in [2.24, 2.45) is 5.14 Å². The summed E-state index contributed by atoms with van der Waals surface area (Å²) in [5.41, 5.74) is 0. The minimum Gasteiger partial charge on any atom is -0.225 e. The fourth-order valence-electron chi connectivity index (χ4n) is 0.654. The van der Waals surface area contributed by atoms with Crippen LogP contribution in [-0.4, -0.2) is 8.42 Å². The van der Waals surface area contributed by atoms with Crippen molar-refractivity contribution in [3.63, 3.8) is 0 Å². The van der Waals surface area contributed by atoms with Crippen LogP contribution >= 0.6 is 23.2 Å². The van der Waals surface area contributed by atoms with Crippen molar-refractivity contribution in [1.29, 1.82) is 0 Å². The normalized spacial score (nSPS) is 11.6. The van der Waals surface area contributed by atoms with Crippen molar-refractivity contribution in [1.82, 2.24) is 0 Å². The summed E-state index contributed by atoms with van der Waals surface area (Å²) >= 11 is 11.1. The Morgan fingerprint density at radius 2 is 1.75 bits per heavy atom. The average Bonchev–Trinajstić information content (AvgIpc) is 1.92. The van der Waals surface area contributed by atoms with Gasteiger partial charge in [-0.1, -0.05) is 23.2 Å².